The van der Waals surface area contributed by atoms with Gasteiger partial charge in [0.25, 0.3) is 5.56 Å². The highest BCUT2D eigenvalue weighted by atomic mass is 32.1. The van der Waals surface area contributed by atoms with Crippen molar-refractivity contribution in [3.8, 4) is 5.75 Å². The van der Waals surface area contributed by atoms with Gasteiger partial charge in [-0.15, -0.1) is 11.3 Å². The van der Waals surface area contributed by atoms with Gasteiger partial charge in [-0.1, -0.05) is 12.1 Å². The third-order valence-corrected chi connectivity index (χ3v) is 6.59. The van der Waals surface area contributed by atoms with Gasteiger partial charge in [0.1, 0.15) is 22.5 Å². The van der Waals surface area contributed by atoms with Crippen LogP contribution in [0.1, 0.15) is 17.8 Å². The van der Waals surface area contributed by atoms with Crippen molar-refractivity contribution >= 4 is 45.1 Å². The second kappa shape index (κ2) is 13.8. The van der Waals surface area contributed by atoms with Crippen LogP contribution in [0.5, 0.6) is 5.75 Å². The summed E-state index contributed by atoms with van der Waals surface area (Å²) < 4.78 is 49.1. The lowest BCUT2D eigenvalue weighted by molar-refractivity contribution is -0.153. The molecule has 1 aromatic carbocycles. The molecule has 0 aliphatic rings. The number of likely N-dealkylation sites (N-methyl/N-ethyl adjacent to an activating group) is 1. The second-order valence-corrected chi connectivity index (χ2v) is 9.94. The number of carbonyl (C=O) groups is 3. The van der Waals surface area contributed by atoms with Crippen LogP contribution in [0.25, 0.3) is 10.2 Å². The minimum absolute atomic E-state index is 0.0187. The maximum atomic E-state index is 13.1. The van der Waals surface area contributed by atoms with Crippen molar-refractivity contribution < 1.29 is 37.0 Å². The van der Waals surface area contributed by atoms with Gasteiger partial charge in [0.2, 0.25) is 11.8 Å². The van der Waals surface area contributed by atoms with Crippen LogP contribution in [0.3, 0.4) is 0 Å². The van der Waals surface area contributed by atoms with Crippen molar-refractivity contribution in [3.05, 3.63) is 64.0 Å². The molecule has 0 fully saturated rings. The number of nitrogens with zero attached hydrogens (tertiary/aromatic N) is 3. The van der Waals surface area contributed by atoms with Gasteiger partial charge in [-0.05, 0) is 43.2 Å². The van der Waals surface area contributed by atoms with Crippen molar-refractivity contribution in [2.75, 3.05) is 33.1 Å². The normalized spacial score (nSPS) is 12.2. The first-order valence-electron chi connectivity index (χ1n) is 12.2. The zero-order chi connectivity index (χ0) is 30.2. The number of alkyl halides is 3. The number of allylic oxidation sites excluding steroid dienone is 1. The number of rotatable bonds is 11. The van der Waals surface area contributed by atoms with Gasteiger partial charge in [0.15, 0.2) is 6.61 Å². The smallest absolute Gasteiger partial charge is 0.422 e. The van der Waals surface area contributed by atoms with Crippen LogP contribution in [0.4, 0.5) is 23.7 Å². The van der Waals surface area contributed by atoms with Crippen LogP contribution in [-0.4, -0.2) is 72.4 Å². The van der Waals surface area contributed by atoms with Crippen molar-refractivity contribution in [2.45, 2.75) is 31.6 Å². The molecular formula is C26H28F3N5O6S. The zero-order valence-corrected chi connectivity index (χ0v) is 23.2. The van der Waals surface area contributed by atoms with E-state index < -0.39 is 36.4 Å². The van der Waals surface area contributed by atoms with E-state index in [1.54, 1.807) is 26.2 Å². The van der Waals surface area contributed by atoms with Gasteiger partial charge in [0, 0.05) is 20.3 Å². The average molecular weight is 596 g/mol. The molecule has 3 aromatic rings. The van der Waals surface area contributed by atoms with E-state index in [1.807, 2.05) is 0 Å². The molecule has 2 aromatic heterocycles. The van der Waals surface area contributed by atoms with E-state index in [1.165, 1.54) is 46.0 Å². The number of halogens is 3. The average Bonchev–Trinajstić information content (AvgIpc) is 3.33. The fraction of sp³-hybridized carbons (Fsp3) is 0.346. The molecule has 2 heterocycles. The third-order valence-electron chi connectivity index (χ3n) is 5.52. The highest BCUT2D eigenvalue weighted by Crippen LogP contribution is 2.32. The topological polar surface area (TPSA) is 132 Å². The first kappa shape index (κ1) is 31.1. The van der Waals surface area contributed by atoms with Crippen LogP contribution < -0.4 is 20.9 Å². The second-order valence-electron chi connectivity index (χ2n) is 8.86. The first-order chi connectivity index (χ1) is 19.4. The number of alkyl carbamates (subject to hydrolysis) is 1. The number of ether oxygens (including phenoxy) is 2. The Morgan fingerprint density at radius 2 is 1.95 bits per heavy atom. The Hall–Kier alpha value is -4.40. The van der Waals surface area contributed by atoms with Crippen LogP contribution in [0.15, 0.2) is 53.5 Å². The third kappa shape index (κ3) is 9.06. The van der Waals surface area contributed by atoms with Gasteiger partial charge in [0.05, 0.1) is 23.9 Å². The first-order valence-corrected chi connectivity index (χ1v) is 13.0. The molecular weight excluding hydrogens is 567 g/mol. The fourth-order valence-corrected chi connectivity index (χ4v) is 4.53. The summed E-state index contributed by atoms with van der Waals surface area (Å²) in [5.74, 6) is -0.888. The van der Waals surface area contributed by atoms with E-state index in [-0.39, 0.29) is 36.7 Å². The number of hydrogen-bond acceptors (Lipinski definition) is 8. The number of amides is 3. The number of anilines is 1. The highest BCUT2D eigenvalue weighted by molar-refractivity contribution is 7.19. The molecule has 220 valence electrons. The molecule has 0 saturated carbocycles. The molecule has 1 unspecified atom stereocenters. The predicted octanol–water partition coefficient (Wildman–Crippen LogP) is 3.54. The summed E-state index contributed by atoms with van der Waals surface area (Å²) in [7, 11) is 4.33. The summed E-state index contributed by atoms with van der Waals surface area (Å²) in [4.78, 5) is 55.4. The van der Waals surface area contributed by atoms with Crippen molar-refractivity contribution in [2.24, 2.45) is 0 Å². The number of hydrogen-bond donors (Lipinski definition) is 2. The summed E-state index contributed by atoms with van der Waals surface area (Å²) in [6, 6.07) is 6.40. The Morgan fingerprint density at radius 1 is 1.20 bits per heavy atom. The Balaban J connectivity index is 1.75. The van der Waals surface area contributed by atoms with Crippen LogP contribution >= 0.6 is 11.3 Å². The van der Waals surface area contributed by atoms with Gasteiger partial charge < -0.3 is 29.6 Å². The molecule has 2 N–H and O–H groups in total. The monoisotopic (exact) mass is 595 g/mol. The number of aromatic nitrogens is 2. The lowest BCUT2D eigenvalue weighted by Gasteiger charge is -2.17. The molecule has 0 spiro atoms. The fourth-order valence-electron chi connectivity index (χ4n) is 3.50. The van der Waals surface area contributed by atoms with Gasteiger partial charge in [-0.2, -0.15) is 13.2 Å². The van der Waals surface area contributed by atoms with Crippen molar-refractivity contribution in [3.63, 3.8) is 0 Å². The molecule has 0 aliphatic heterocycles. The number of fused-ring (bicyclic) bond motifs is 1. The van der Waals surface area contributed by atoms with Crippen molar-refractivity contribution in [1.29, 1.82) is 0 Å². The van der Waals surface area contributed by atoms with E-state index >= 15 is 0 Å². The predicted molar refractivity (Wildman–Crippen MR) is 146 cm³/mol. The molecule has 3 amide bonds. The van der Waals surface area contributed by atoms with Gasteiger partial charge in [-0.3, -0.25) is 14.4 Å². The summed E-state index contributed by atoms with van der Waals surface area (Å²) in [6.07, 6.45) is -0.580. The number of pyridine rings is 1. The molecule has 15 heteroatoms. The van der Waals surface area contributed by atoms with E-state index in [4.69, 9.17) is 4.74 Å². The van der Waals surface area contributed by atoms with E-state index in [2.05, 4.69) is 20.4 Å². The van der Waals surface area contributed by atoms with E-state index in [0.29, 0.717) is 15.2 Å². The van der Waals surface area contributed by atoms with E-state index in [0.717, 1.165) is 18.4 Å². The molecule has 1 atom stereocenters. The molecule has 11 nitrogen and oxygen atoms in total. The molecule has 0 bridgehead atoms. The summed E-state index contributed by atoms with van der Waals surface area (Å²) in [6.45, 7) is -1.47. The standard InChI is InChI=1S/C26H28F3N5O6S/c1-33(2)21(35)12-5-4-8-17(32-25(38)39-3)23(36)31-18-10-7-13-34(24(18)37)14-20-30-16-9-6-11-19(22(16)41-20)40-15-26(27,28)29/h5-7,9-13,17H,4,8,14-15H2,1-3H3,(H,31,36)(H,32,38)/b12-5+. The number of benzene rings is 1. The summed E-state index contributed by atoms with van der Waals surface area (Å²) in [5, 5.41) is 5.35. The maximum absolute atomic E-state index is 13.1. The summed E-state index contributed by atoms with van der Waals surface area (Å²) in [5.41, 5.74) is -0.218. The van der Waals surface area contributed by atoms with Crippen LogP contribution in [0, 0.1) is 0 Å². The summed E-state index contributed by atoms with van der Waals surface area (Å²) >= 11 is 1.08. The molecule has 41 heavy (non-hydrogen) atoms. The molecule has 0 aliphatic carbocycles. The number of methoxy groups -OCH3 is 1. The van der Waals surface area contributed by atoms with E-state index in [9.17, 15) is 32.3 Å². The molecule has 3 rings (SSSR count). The van der Waals surface area contributed by atoms with Gasteiger partial charge in [-0.25, -0.2) is 9.78 Å². The minimum Gasteiger partial charge on any atom is -0.483 e. The molecule has 0 saturated heterocycles. The maximum Gasteiger partial charge on any atom is 0.422 e. The van der Waals surface area contributed by atoms with Gasteiger partial charge >= 0.3 is 12.3 Å². The van der Waals surface area contributed by atoms with Crippen molar-refractivity contribution in [1.82, 2.24) is 19.8 Å². The Morgan fingerprint density at radius 3 is 2.63 bits per heavy atom. The lowest BCUT2D eigenvalue weighted by Crippen LogP contribution is -2.44. The van der Waals surface area contributed by atoms with Crippen LogP contribution in [0.2, 0.25) is 0 Å². The Kier molecular flexibility index (Phi) is 10.5. The minimum atomic E-state index is -4.50. The zero-order valence-electron chi connectivity index (χ0n) is 22.4. The number of nitrogens with one attached hydrogen (secondary N) is 2. The largest absolute Gasteiger partial charge is 0.483 e. The Labute approximate surface area is 236 Å². The quantitative estimate of drug-likeness (QED) is 0.324. The highest BCUT2D eigenvalue weighted by Gasteiger charge is 2.29. The molecule has 0 radical (unpaired) electrons. The SMILES string of the molecule is COC(=O)NC(CC/C=C/C(=O)N(C)C)C(=O)Nc1cccn(Cc2nc3cccc(OCC(F)(F)F)c3s2)c1=O. The Bertz CT molecular complexity index is 1480. The van der Waals surface area contributed by atoms with Crippen LogP contribution in [-0.2, 0) is 20.9 Å². The number of thiazole rings is 1. The lowest BCUT2D eigenvalue weighted by atomic mass is 10.1. The number of carbonyl (C=O) groups excluding carboxylic acids is 3.